The Labute approximate surface area is 143 Å². The molecule has 3 aromatic rings. The molecule has 0 amide bonds. The minimum absolute atomic E-state index is 0.221. The molecule has 0 bridgehead atoms. The SMILES string of the molecule is Cc1ccc(Cc2cnc(CNS(=O)(=O)c3cccs3)s2)cc1. The van der Waals surface area contributed by atoms with E-state index in [4.69, 9.17) is 0 Å². The molecule has 2 heterocycles. The topological polar surface area (TPSA) is 59.1 Å². The van der Waals surface area contributed by atoms with Gasteiger partial charge in [-0.2, -0.15) is 0 Å². The van der Waals surface area contributed by atoms with Gasteiger partial charge in [0.25, 0.3) is 0 Å². The van der Waals surface area contributed by atoms with E-state index in [9.17, 15) is 8.42 Å². The molecule has 0 aliphatic carbocycles. The van der Waals surface area contributed by atoms with Gasteiger partial charge in [0.05, 0.1) is 6.54 Å². The zero-order valence-electron chi connectivity index (χ0n) is 12.5. The monoisotopic (exact) mass is 364 g/mol. The first kappa shape index (κ1) is 16.3. The number of hydrogen-bond donors (Lipinski definition) is 1. The summed E-state index contributed by atoms with van der Waals surface area (Å²) >= 11 is 2.74. The van der Waals surface area contributed by atoms with Gasteiger partial charge < -0.3 is 0 Å². The van der Waals surface area contributed by atoms with Gasteiger partial charge in [-0.05, 0) is 23.9 Å². The maximum Gasteiger partial charge on any atom is 0.250 e. The predicted octanol–water partition coefficient (Wildman–Crippen LogP) is 3.58. The second-order valence-electron chi connectivity index (χ2n) is 5.14. The molecule has 0 unspecified atom stereocenters. The van der Waals surface area contributed by atoms with E-state index in [1.165, 1.54) is 33.8 Å². The lowest BCUT2D eigenvalue weighted by molar-refractivity contribution is 0.583. The predicted molar refractivity (Wildman–Crippen MR) is 94.4 cm³/mol. The van der Waals surface area contributed by atoms with E-state index in [2.05, 4.69) is 40.9 Å². The second-order valence-corrected chi connectivity index (χ2v) is 9.28. The van der Waals surface area contributed by atoms with Crippen molar-refractivity contribution in [2.75, 3.05) is 0 Å². The quantitative estimate of drug-likeness (QED) is 0.727. The van der Waals surface area contributed by atoms with Gasteiger partial charge in [-0.1, -0.05) is 35.9 Å². The van der Waals surface area contributed by atoms with Crippen molar-refractivity contribution >= 4 is 32.7 Å². The van der Waals surface area contributed by atoms with E-state index in [0.29, 0.717) is 4.21 Å². The molecular weight excluding hydrogens is 348 g/mol. The first-order valence-corrected chi connectivity index (χ1v) is 10.2. The van der Waals surface area contributed by atoms with Gasteiger partial charge in [0.15, 0.2) is 0 Å². The van der Waals surface area contributed by atoms with Gasteiger partial charge >= 0.3 is 0 Å². The lowest BCUT2D eigenvalue weighted by Crippen LogP contribution is -2.22. The van der Waals surface area contributed by atoms with Crippen molar-refractivity contribution in [2.24, 2.45) is 0 Å². The summed E-state index contributed by atoms with van der Waals surface area (Å²) in [7, 11) is -3.43. The molecule has 120 valence electrons. The fourth-order valence-corrected chi connectivity index (χ4v) is 5.08. The number of nitrogens with one attached hydrogen (secondary N) is 1. The van der Waals surface area contributed by atoms with Crippen LogP contribution in [0.15, 0.2) is 52.2 Å². The molecule has 4 nitrogen and oxygen atoms in total. The van der Waals surface area contributed by atoms with Gasteiger partial charge in [0.1, 0.15) is 9.22 Å². The van der Waals surface area contributed by atoms with E-state index in [1.54, 1.807) is 17.5 Å². The molecule has 2 aromatic heterocycles. The van der Waals surface area contributed by atoms with Crippen LogP contribution in [0, 0.1) is 6.92 Å². The van der Waals surface area contributed by atoms with Crippen LogP contribution in [0.3, 0.4) is 0 Å². The summed E-state index contributed by atoms with van der Waals surface area (Å²) in [6.45, 7) is 2.28. The Bertz CT molecular complexity index is 866. The van der Waals surface area contributed by atoms with Gasteiger partial charge in [-0.3, -0.25) is 0 Å². The van der Waals surface area contributed by atoms with Crippen molar-refractivity contribution in [2.45, 2.75) is 24.1 Å². The van der Waals surface area contributed by atoms with Crippen LogP contribution >= 0.6 is 22.7 Å². The summed E-state index contributed by atoms with van der Waals surface area (Å²) in [4.78, 5) is 5.43. The Morgan fingerprint density at radius 2 is 1.96 bits per heavy atom. The molecule has 0 aliphatic heterocycles. The summed E-state index contributed by atoms with van der Waals surface area (Å²) in [5, 5.41) is 2.52. The number of rotatable bonds is 6. The van der Waals surface area contributed by atoms with Crippen molar-refractivity contribution in [3.05, 3.63) is 69.0 Å². The first-order chi connectivity index (χ1) is 11.0. The van der Waals surface area contributed by atoms with Crippen molar-refractivity contribution in [3.63, 3.8) is 0 Å². The van der Waals surface area contributed by atoms with Gasteiger partial charge in [0, 0.05) is 17.5 Å². The van der Waals surface area contributed by atoms with Crippen molar-refractivity contribution in [1.82, 2.24) is 9.71 Å². The maximum atomic E-state index is 12.1. The van der Waals surface area contributed by atoms with Crippen LogP contribution in [0.1, 0.15) is 21.0 Å². The number of thiophene rings is 1. The third kappa shape index (κ3) is 4.26. The minimum Gasteiger partial charge on any atom is -0.248 e. The summed E-state index contributed by atoms with van der Waals surface area (Å²) in [5.41, 5.74) is 2.46. The second kappa shape index (κ2) is 6.92. The largest absolute Gasteiger partial charge is 0.250 e. The number of thiazole rings is 1. The van der Waals surface area contributed by atoms with E-state index >= 15 is 0 Å². The molecule has 0 aliphatic rings. The standard InChI is InChI=1S/C16H16N2O2S3/c1-12-4-6-13(7-5-12)9-14-10-17-15(22-14)11-18-23(19,20)16-3-2-8-21-16/h2-8,10,18H,9,11H2,1H3. The van der Waals surface area contributed by atoms with Gasteiger partial charge in [0.2, 0.25) is 10.0 Å². The van der Waals surface area contributed by atoms with E-state index < -0.39 is 10.0 Å². The molecule has 0 saturated carbocycles. The molecule has 1 N–H and O–H groups in total. The molecule has 0 atom stereocenters. The number of aromatic nitrogens is 1. The first-order valence-electron chi connectivity index (χ1n) is 7.05. The highest BCUT2D eigenvalue weighted by Gasteiger charge is 2.15. The fourth-order valence-electron chi connectivity index (χ4n) is 2.06. The Morgan fingerprint density at radius 1 is 1.17 bits per heavy atom. The highest BCUT2D eigenvalue weighted by atomic mass is 32.2. The third-order valence-corrected chi connectivity index (χ3v) is 7.07. The molecule has 23 heavy (non-hydrogen) atoms. The zero-order chi connectivity index (χ0) is 16.3. The van der Waals surface area contributed by atoms with Crippen LogP contribution in [-0.4, -0.2) is 13.4 Å². The summed E-state index contributed by atoms with van der Waals surface area (Å²) in [6, 6.07) is 11.7. The minimum atomic E-state index is -3.43. The van der Waals surface area contributed by atoms with Crippen LogP contribution in [-0.2, 0) is 23.0 Å². The highest BCUT2D eigenvalue weighted by molar-refractivity contribution is 7.91. The van der Waals surface area contributed by atoms with E-state index in [1.807, 2.05) is 6.20 Å². The molecule has 0 radical (unpaired) electrons. The summed E-state index contributed by atoms with van der Waals surface area (Å²) in [5.74, 6) is 0. The van der Waals surface area contributed by atoms with Crippen LogP contribution in [0.2, 0.25) is 0 Å². The molecule has 1 aromatic carbocycles. The summed E-state index contributed by atoms with van der Waals surface area (Å²) in [6.07, 6.45) is 2.63. The molecule has 3 rings (SSSR count). The van der Waals surface area contributed by atoms with E-state index in [-0.39, 0.29) is 6.54 Å². The van der Waals surface area contributed by atoms with Gasteiger partial charge in [-0.15, -0.1) is 22.7 Å². The lowest BCUT2D eigenvalue weighted by Gasteiger charge is -2.02. The fraction of sp³-hybridized carbons (Fsp3) is 0.188. The lowest BCUT2D eigenvalue weighted by atomic mass is 10.1. The Morgan fingerprint density at radius 3 is 2.65 bits per heavy atom. The van der Waals surface area contributed by atoms with Crippen LogP contribution in [0.4, 0.5) is 0 Å². The Kier molecular flexibility index (Phi) is 4.91. The van der Waals surface area contributed by atoms with Crippen LogP contribution < -0.4 is 4.72 Å². The Balaban J connectivity index is 1.62. The molecule has 0 saturated heterocycles. The number of benzene rings is 1. The van der Waals surface area contributed by atoms with Crippen molar-refractivity contribution in [1.29, 1.82) is 0 Å². The number of hydrogen-bond acceptors (Lipinski definition) is 5. The maximum absolute atomic E-state index is 12.1. The zero-order valence-corrected chi connectivity index (χ0v) is 15.0. The molecule has 0 fully saturated rings. The average Bonchev–Trinajstić information content (AvgIpc) is 3.19. The summed E-state index contributed by atoms with van der Waals surface area (Å²) < 4.78 is 27.1. The normalized spacial score (nSPS) is 11.7. The van der Waals surface area contributed by atoms with E-state index in [0.717, 1.165) is 16.3 Å². The number of sulfonamides is 1. The molecule has 7 heteroatoms. The smallest absolute Gasteiger partial charge is 0.248 e. The number of aryl methyl sites for hydroxylation is 1. The Hall–Kier alpha value is -1.54. The molecule has 0 spiro atoms. The van der Waals surface area contributed by atoms with Crippen LogP contribution in [0.5, 0.6) is 0 Å². The van der Waals surface area contributed by atoms with Crippen LogP contribution in [0.25, 0.3) is 0 Å². The van der Waals surface area contributed by atoms with Crippen molar-refractivity contribution < 1.29 is 8.42 Å². The average molecular weight is 365 g/mol. The van der Waals surface area contributed by atoms with Gasteiger partial charge in [-0.25, -0.2) is 18.1 Å². The van der Waals surface area contributed by atoms with Crippen molar-refractivity contribution in [3.8, 4) is 0 Å². The molecular formula is C16H16N2O2S3. The third-order valence-electron chi connectivity index (χ3n) is 3.27. The highest BCUT2D eigenvalue weighted by Crippen LogP contribution is 2.19. The number of nitrogens with zero attached hydrogens (tertiary/aromatic N) is 1.